The molecule has 6 heteroatoms. The Hall–Kier alpha value is -2.34. The Balaban J connectivity index is 2.22. The molecule has 22 heavy (non-hydrogen) atoms. The number of amides is 1. The van der Waals surface area contributed by atoms with Crippen LogP contribution >= 0.6 is 0 Å². The van der Waals surface area contributed by atoms with Crippen LogP contribution in [0.25, 0.3) is 5.69 Å². The third kappa shape index (κ3) is 3.85. The van der Waals surface area contributed by atoms with Crippen molar-refractivity contribution in [3.8, 4) is 11.4 Å². The number of para-hydroxylation sites is 1. The van der Waals surface area contributed by atoms with Crippen molar-refractivity contribution >= 4 is 5.91 Å². The number of carbonyl (C=O) groups is 1. The minimum atomic E-state index is -0.307. The highest BCUT2D eigenvalue weighted by atomic mass is 16.5. The van der Waals surface area contributed by atoms with Gasteiger partial charge in [-0.2, -0.15) is 5.10 Å². The SMILES string of the molecule is CCOc1cn(-c2ccccc2)nc1C(=O)NCC(C)CO. The highest BCUT2D eigenvalue weighted by Gasteiger charge is 2.19. The first-order valence-electron chi connectivity index (χ1n) is 7.32. The van der Waals surface area contributed by atoms with Gasteiger partial charge in [0.1, 0.15) is 0 Å². The summed E-state index contributed by atoms with van der Waals surface area (Å²) in [6, 6.07) is 9.52. The van der Waals surface area contributed by atoms with E-state index in [0.29, 0.717) is 18.9 Å². The number of carbonyl (C=O) groups excluding carboxylic acids is 1. The Labute approximate surface area is 129 Å². The van der Waals surface area contributed by atoms with Crippen molar-refractivity contribution in [3.63, 3.8) is 0 Å². The van der Waals surface area contributed by atoms with E-state index in [-0.39, 0.29) is 24.1 Å². The van der Waals surface area contributed by atoms with E-state index in [2.05, 4.69) is 10.4 Å². The van der Waals surface area contributed by atoms with Crippen molar-refractivity contribution in [3.05, 3.63) is 42.2 Å². The van der Waals surface area contributed by atoms with Crippen LogP contribution in [-0.4, -0.2) is 40.6 Å². The Kier molecular flexibility index (Phi) is 5.55. The number of ether oxygens (including phenoxy) is 1. The second kappa shape index (κ2) is 7.61. The highest BCUT2D eigenvalue weighted by molar-refractivity contribution is 5.94. The molecule has 1 aromatic carbocycles. The maximum Gasteiger partial charge on any atom is 0.275 e. The van der Waals surface area contributed by atoms with Crippen molar-refractivity contribution in [2.45, 2.75) is 13.8 Å². The van der Waals surface area contributed by atoms with Gasteiger partial charge in [-0.25, -0.2) is 4.68 Å². The van der Waals surface area contributed by atoms with Gasteiger partial charge in [0.15, 0.2) is 11.4 Å². The third-order valence-electron chi connectivity index (χ3n) is 3.14. The maximum atomic E-state index is 12.3. The summed E-state index contributed by atoms with van der Waals surface area (Å²) in [5, 5.41) is 16.1. The largest absolute Gasteiger partial charge is 0.490 e. The lowest BCUT2D eigenvalue weighted by molar-refractivity contribution is 0.0933. The molecule has 2 N–H and O–H groups in total. The van der Waals surface area contributed by atoms with Crippen LogP contribution in [-0.2, 0) is 0 Å². The molecule has 0 aliphatic carbocycles. The van der Waals surface area contributed by atoms with Crippen molar-refractivity contribution in [2.24, 2.45) is 5.92 Å². The summed E-state index contributed by atoms with van der Waals surface area (Å²) in [7, 11) is 0. The number of aromatic nitrogens is 2. The fraction of sp³-hybridized carbons (Fsp3) is 0.375. The number of hydrogen-bond acceptors (Lipinski definition) is 4. The molecule has 2 rings (SSSR count). The van der Waals surface area contributed by atoms with Gasteiger partial charge >= 0.3 is 0 Å². The van der Waals surface area contributed by atoms with Gasteiger partial charge in [0, 0.05) is 13.2 Å². The van der Waals surface area contributed by atoms with Gasteiger partial charge in [-0.05, 0) is 25.0 Å². The number of aliphatic hydroxyl groups is 1. The van der Waals surface area contributed by atoms with Crippen LogP contribution in [0.2, 0.25) is 0 Å². The predicted octanol–water partition coefficient (Wildman–Crippen LogP) is 1.63. The fourth-order valence-corrected chi connectivity index (χ4v) is 1.90. The smallest absolute Gasteiger partial charge is 0.275 e. The molecule has 1 heterocycles. The molecule has 0 saturated heterocycles. The van der Waals surface area contributed by atoms with Crippen molar-refractivity contribution in [1.29, 1.82) is 0 Å². The minimum Gasteiger partial charge on any atom is -0.490 e. The van der Waals surface area contributed by atoms with Crippen LogP contribution in [0.5, 0.6) is 5.75 Å². The Morgan fingerprint density at radius 3 is 2.77 bits per heavy atom. The molecule has 0 aliphatic heterocycles. The molecule has 0 saturated carbocycles. The van der Waals surface area contributed by atoms with Gasteiger partial charge in [0.2, 0.25) is 0 Å². The number of nitrogens with zero attached hydrogens (tertiary/aromatic N) is 2. The molecular weight excluding hydrogens is 282 g/mol. The van der Waals surface area contributed by atoms with Crippen molar-refractivity contribution in [1.82, 2.24) is 15.1 Å². The zero-order valence-corrected chi connectivity index (χ0v) is 12.8. The molecule has 0 bridgehead atoms. The minimum absolute atomic E-state index is 0.00398. The zero-order chi connectivity index (χ0) is 15.9. The lowest BCUT2D eigenvalue weighted by Gasteiger charge is -2.09. The molecule has 0 radical (unpaired) electrons. The molecule has 1 amide bonds. The maximum absolute atomic E-state index is 12.3. The van der Waals surface area contributed by atoms with Crippen LogP contribution in [0.15, 0.2) is 36.5 Å². The van der Waals surface area contributed by atoms with Crippen LogP contribution < -0.4 is 10.1 Å². The Bertz CT molecular complexity index is 610. The molecular formula is C16H21N3O3. The van der Waals surface area contributed by atoms with E-state index in [9.17, 15) is 4.79 Å². The molecule has 2 aromatic rings. The Morgan fingerprint density at radius 2 is 2.14 bits per heavy atom. The van der Waals surface area contributed by atoms with E-state index in [1.54, 1.807) is 10.9 Å². The lowest BCUT2D eigenvalue weighted by atomic mass is 10.2. The summed E-state index contributed by atoms with van der Waals surface area (Å²) < 4.78 is 7.12. The third-order valence-corrected chi connectivity index (χ3v) is 3.14. The number of hydrogen-bond donors (Lipinski definition) is 2. The predicted molar refractivity (Wildman–Crippen MR) is 83.3 cm³/mol. The van der Waals surface area contributed by atoms with Gasteiger partial charge in [-0.1, -0.05) is 25.1 Å². The zero-order valence-electron chi connectivity index (χ0n) is 12.8. The quantitative estimate of drug-likeness (QED) is 0.815. The van der Waals surface area contributed by atoms with Crippen LogP contribution in [0.3, 0.4) is 0 Å². The van der Waals surface area contributed by atoms with E-state index in [1.165, 1.54) is 0 Å². The Morgan fingerprint density at radius 1 is 1.41 bits per heavy atom. The van der Waals surface area contributed by atoms with Crippen LogP contribution in [0.1, 0.15) is 24.3 Å². The van der Waals surface area contributed by atoms with E-state index in [1.807, 2.05) is 44.2 Å². The number of nitrogens with one attached hydrogen (secondary N) is 1. The van der Waals surface area contributed by atoms with E-state index in [0.717, 1.165) is 5.69 Å². The summed E-state index contributed by atoms with van der Waals surface area (Å²) in [4.78, 5) is 12.3. The van der Waals surface area contributed by atoms with Crippen molar-refractivity contribution in [2.75, 3.05) is 19.8 Å². The average molecular weight is 303 g/mol. The van der Waals surface area contributed by atoms with Crippen LogP contribution in [0, 0.1) is 5.92 Å². The van der Waals surface area contributed by atoms with Gasteiger partial charge in [0.25, 0.3) is 5.91 Å². The standard InChI is InChI=1S/C16H21N3O3/c1-3-22-14-10-19(13-7-5-4-6-8-13)18-15(14)16(21)17-9-12(2)11-20/h4-8,10,12,20H,3,9,11H2,1-2H3,(H,17,21). The summed E-state index contributed by atoms with van der Waals surface area (Å²) in [5.74, 6) is 0.134. The first kappa shape index (κ1) is 16.0. The average Bonchev–Trinajstić information content (AvgIpc) is 2.97. The molecule has 0 aliphatic rings. The molecule has 1 unspecified atom stereocenters. The molecule has 1 aromatic heterocycles. The number of aliphatic hydroxyl groups excluding tert-OH is 1. The van der Waals surface area contributed by atoms with Gasteiger partial charge < -0.3 is 15.2 Å². The molecule has 118 valence electrons. The fourth-order valence-electron chi connectivity index (χ4n) is 1.90. The summed E-state index contributed by atoms with van der Waals surface area (Å²) in [6.45, 7) is 4.58. The molecule has 0 fully saturated rings. The molecule has 6 nitrogen and oxygen atoms in total. The van der Waals surface area contributed by atoms with E-state index < -0.39 is 0 Å². The van der Waals surface area contributed by atoms with Crippen LogP contribution in [0.4, 0.5) is 0 Å². The first-order valence-corrected chi connectivity index (χ1v) is 7.32. The topological polar surface area (TPSA) is 76.4 Å². The summed E-state index contributed by atoms with van der Waals surface area (Å²) >= 11 is 0. The molecule has 0 spiro atoms. The second-order valence-electron chi connectivity index (χ2n) is 5.05. The van der Waals surface area contributed by atoms with E-state index in [4.69, 9.17) is 9.84 Å². The summed E-state index contributed by atoms with van der Waals surface area (Å²) in [6.07, 6.45) is 1.70. The second-order valence-corrected chi connectivity index (χ2v) is 5.05. The van der Waals surface area contributed by atoms with Gasteiger partial charge in [-0.3, -0.25) is 4.79 Å². The first-order chi connectivity index (χ1) is 10.7. The lowest BCUT2D eigenvalue weighted by Crippen LogP contribution is -2.30. The highest BCUT2D eigenvalue weighted by Crippen LogP contribution is 2.20. The van der Waals surface area contributed by atoms with Crippen molar-refractivity contribution < 1.29 is 14.6 Å². The molecule has 1 atom stereocenters. The number of benzene rings is 1. The normalized spacial score (nSPS) is 12.0. The summed E-state index contributed by atoms with van der Waals surface area (Å²) in [5.41, 5.74) is 1.10. The van der Waals surface area contributed by atoms with Gasteiger partial charge in [-0.15, -0.1) is 0 Å². The monoisotopic (exact) mass is 303 g/mol. The van der Waals surface area contributed by atoms with E-state index >= 15 is 0 Å². The number of rotatable bonds is 7. The van der Waals surface area contributed by atoms with Gasteiger partial charge in [0.05, 0.1) is 18.5 Å².